The topological polar surface area (TPSA) is 82.9 Å². The molecule has 0 fully saturated rings. The van der Waals surface area contributed by atoms with Gasteiger partial charge in [-0.25, -0.2) is 8.78 Å². The molecule has 0 radical (unpaired) electrons. The maximum absolute atomic E-state index is 15.2. The first kappa shape index (κ1) is 26.9. The Bertz CT molecular complexity index is 1890. The van der Waals surface area contributed by atoms with Gasteiger partial charge in [-0.2, -0.15) is 0 Å². The quantitative estimate of drug-likeness (QED) is 0.232. The van der Waals surface area contributed by atoms with Crippen LogP contribution in [0.3, 0.4) is 0 Å². The minimum Gasteiger partial charge on any atom is -0.497 e. The van der Waals surface area contributed by atoms with Crippen LogP contribution >= 0.6 is 0 Å². The van der Waals surface area contributed by atoms with Gasteiger partial charge < -0.3 is 19.1 Å². The average molecular weight is 570 g/mol. The summed E-state index contributed by atoms with van der Waals surface area (Å²) in [5.74, 6) is 0.190. The number of carbonyl (C=O) groups excluding carboxylic acids is 1. The molecule has 1 aliphatic rings. The van der Waals surface area contributed by atoms with Crippen LogP contribution < -0.4 is 24.7 Å². The van der Waals surface area contributed by atoms with Crippen molar-refractivity contribution < 1.29 is 27.8 Å². The average Bonchev–Trinajstić information content (AvgIpc) is 2.99. The van der Waals surface area contributed by atoms with Crippen molar-refractivity contribution in [3.05, 3.63) is 112 Å². The first-order valence-electron chi connectivity index (χ1n) is 13.1. The van der Waals surface area contributed by atoms with Crippen molar-refractivity contribution in [2.75, 3.05) is 32.2 Å². The van der Waals surface area contributed by atoms with Crippen LogP contribution in [-0.4, -0.2) is 42.6 Å². The van der Waals surface area contributed by atoms with E-state index in [0.29, 0.717) is 58.4 Å². The van der Waals surface area contributed by atoms with E-state index in [9.17, 15) is 14.0 Å². The van der Waals surface area contributed by atoms with E-state index in [4.69, 9.17) is 14.2 Å². The molecule has 8 nitrogen and oxygen atoms in total. The number of methoxy groups -OCH3 is 1. The van der Waals surface area contributed by atoms with E-state index in [2.05, 4.69) is 4.98 Å². The molecular weight excluding hydrogens is 544 g/mol. The molecule has 0 saturated carbocycles. The molecular formula is C32H25F2N3O5. The predicted molar refractivity (Wildman–Crippen MR) is 154 cm³/mol. The Labute approximate surface area is 239 Å². The minimum absolute atomic E-state index is 0.0293. The van der Waals surface area contributed by atoms with Crippen LogP contribution in [0.15, 0.2) is 83.8 Å². The molecule has 0 atom stereocenters. The summed E-state index contributed by atoms with van der Waals surface area (Å²) in [5.41, 5.74) is 0.676. The fourth-order valence-corrected chi connectivity index (χ4v) is 4.93. The molecule has 0 amide bonds. The Balaban J connectivity index is 1.29. The fourth-order valence-electron chi connectivity index (χ4n) is 4.93. The Morgan fingerprint density at radius 2 is 1.81 bits per heavy atom. The molecule has 5 aromatic rings. The van der Waals surface area contributed by atoms with Crippen LogP contribution in [0.2, 0.25) is 0 Å². The Morgan fingerprint density at radius 1 is 1.00 bits per heavy atom. The van der Waals surface area contributed by atoms with Crippen molar-refractivity contribution in [2.45, 2.75) is 6.42 Å². The second kappa shape index (κ2) is 11.0. The molecule has 0 N–H and O–H groups in total. The summed E-state index contributed by atoms with van der Waals surface area (Å²) in [6.07, 6.45) is 1.32. The van der Waals surface area contributed by atoms with Crippen molar-refractivity contribution in [3.63, 3.8) is 0 Å². The van der Waals surface area contributed by atoms with E-state index >= 15 is 4.39 Å². The minimum atomic E-state index is -0.669. The number of nitrogens with zero attached hydrogens (tertiary/aromatic N) is 3. The van der Waals surface area contributed by atoms with Gasteiger partial charge in [0.25, 0.3) is 5.56 Å². The standard InChI is InChI=1S/C32H25F2N3O5/c1-36-13-14-41-30-18-24(32(39)37(31(30)36)21-6-4-20(33)5-7-21)27(38)16-19-3-10-29(25(34)15-19)42-28-11-12-35-26-17-22(40-2)8-9-23(26)28/h3-12,15,17-18H,13-14,16H2,1-2H3. The van der Waals surface area contributed by atoms with Gasteiger partial charge in [0.1, 0.15) is 23.9 Å². The number of pyridine rings is 2. The summed E-state index contributed by atoms with van der Waals surface area (Å²) in [6.45, 7) is 0.893. The van der Waals surface area contributed by atoms with Crippen molar-refractivity contribution in [3.8, 4) is 28.7 Å². The summed E-state index contributed by atoms with van der Waals surface area (Å²) in [5, 5.41) is 0.676. The molecule has 3 aromatic carbocycles. The highest BCUT2D eigenvalue weighted by Crippen LogP contribution is 2.34. The van der Waals surface area contributed by atoms with Gasteiger partial charge in [-0.1, -0.05) is 6.07 Å². The smallest absolute Gasteiger partial charge is 0.267 e. The van der Waals surface area contributed by atoms with Gasteiger partial charge in [0.15, 0.2) is 28.9 Å². The second-order valence-electron chi connectivity index (χ2n) is 9.79. The molecule has 212 valence electrons. The lowest BCUT2D eigenvalue weighted by atomic mass is 10.0. The van der Waals surface area contributed by atoms with Crippen LogP contribution in [0.25, 0.3) is 16.6 Å². The molecule has 0 spiro atoms. The summed E-state index contributed by atoms with van der Waals surface area (Å²) in [6, 6.07) is 18.0. The zero-order valence-electron chi connectivity index (χ0n) is 22.8. The van der Waals surface area contributed by atoms with Gasteiger partial charge in [-0.05, 0) is 60.2 Å². The Kier molecular flexibility index (Phi) is 7.03. The van der Waals surface area contributed by atoms with Crippen LogP contribution in [0.1, 0.15) is 15.9 Å². The molecule has 42 heavy (non-hydrogen) atoms. The van der Waals surface area contributed by atoms with Gasteiger partial charge in [0, 0.05) is 37.2 Å². The molecule has 0 aliphatic carbocycles. The van der Waals surface area contributed by atoms with E-state index in [1.165, 1.54) is 47.0 Å². The van der Waals surface area contributed by atoms with Gasteiger partial charge >= 0.3 is 0 Å². The third-order valence-electron chi connectivity index (χ3n) is 7.06. The number of ketones is 1. The van der Waals surface area contributed by atoms with Crippen LogP contribution in [0.5, 0.6) is 23.0 Å². The predicted octanol–water partition coefficient (Wildman–Crippen LogP) is 5.72. The summed E-state index contributed by atoms with van der Waals surface area (Å²) < 4.78 is 47.0. The highest BCUT2D eigenvalue weighted by Gasteiger charge is 2.26. The van der Waals surface area contributed by atoms with E-state index in [1.54, 1.807) is 50.7 Å². The number of anilines is 1. The van der Waals surface area contributed by atoms with Crippen LogP contribution in [-0.2, 0) is 6.42 Å². The van der Waals surface area contributed by atoms with E-state index in [-0.39, 0.29) is 17.7 Å². The van der Waals surface area contributed by atoms with Crippen molar-refractivity contribution in [1.29, 1.82) is 0 Å². The van der Waals surface area contributed by atoms with Crippen molar-refractivity contribution in [2.24, 2.45) is 0 Å². The van der Waals surface area contributed by atoms with Crippen LogP contribution in [0, 0.1) is 11.6 Å². The number of ether oxygens (including phenoxy) is 3. The maximum Gasteiger partial charge on any atom is 0.267 e. The highest BCUT2D eigenvalue weighted by molar-refractivity contribution is 5.98. The SMILES string of the molecule is COc1ccc2c(Oc3ccc(CC(=O)c4cc5c(n(-c6ccc(F)cc6)c4=O)N(C)CCO5)cc3F)ccnc2c1. The van der Waals surface area contributed by atoms with E-state index in [0.717, 1.165) is 0 Å². The molecule has 6 rings (SSSR count). The molecule has 0 unspecified atom stereocenters. The van der Waals surface area contributed by atoms with Gasteiger partial charge in [-0.15, -0.1) is 0 Å². The number of Topliss-reactive ketones (excluding diaryl/α,β-unsaturated/α-hetero) is 1. The first-order valence-corrected chi connectivity index (χ1v) is 13.1. The third kappa shape index (κ3) is 5.03. The fraction of sp³-hybridized carbons (Fsp3) is 0.156. The number of benzene rings is 3. The molecule has 0 bridgehead atoms. The Morgan fingerprint density at radius 3 is 2.57 bits per heavy atom. The van der Waals surface area contributed by atoms with Crippen molar-refractivity contribution in [1.82, 2.24) is 9.55 Å². The number of carbonyl (C=O) groups is 1. The third-order valence-corrected chi connectivity index (χ3v) is 7.06. The highest BCUT2D eigenvalue weighted by atomic mass is 19.1. The normalized spacial score (nSPS) is 12.5. The molecule has 1 aliphatic heterocycles. The van der Waals surface area contributed by atoms with E-state index < -0.39 is 23.0 Å². The number of hydrogen-bond acceptors (Lipinski definition) is 7. The molecule has 0 saturated heterocycles. The monoisotopic (exact) mass is 569 g/mol. The van der Waals surface area contributed by atoms with Gasteiger partial charge in [0.05, 0.1) is 30.4 Å². The lowest BCUT2D eigenvalue weighted by Gasteiger charge is -2.30. The molecule has 10 heteroatoms. The van der Waals surface area contributed by atoms with Gasteiger partial charge in [-0.3, -0.25) is 19.1 Å². The number of hydrogen-bond donors (Lipinski definition) is 0. The largest absolute Gasteiger partial charge is 0.497 e. The number of rotatable bonds is 7. The molecule has 3 heterocycles. The van der Waals surface area contributed by atoms with Crippen LogP contribution in [0.4, 0.5) is 14.6 Å². The number of likely N-dealkylation sites (N-methyl/N-ethyl adjacent to an activating group) is 1. The Hall–Kier alpha value is -5.25. The summed E-state index contributed by atoms with van der Waals surface area (Å²) >= 11 is 0. The summed E-state index contributed by atoms with van der Waals surface area (Å²) in [7, 11) is 3.36. The molecule has 2 aromatic heterocycles. The number of halogens is 2. The maximum atomic E-state index is 15.2. The number of aromatic nitrogens is 2. The first-order chi connectivity index (χ1) is 20.3. The number of fused-ring (bicyclic) bond motifs is 2. The zero-order valence-corrected chi connectivity index (χ0v) is 22.8. The zero-order chi connectivity index (χ0) is 29.4. The lowest BCUT2D eigenvalue weighted by Crippen LogP contribution is -2.37. The second-order valence-corrected chi connectivity index (χ2v) is 9.79. The summed E-state index contributed by atoms with van der Waals surface area (Å²) in [4.78, 5) is 33.2. The van der Waals surface area contributed by atoms with Crippen molar-refractivity contribution >= 4 is 22.5 Å². The van der Waals surface area contributed by atoms with Gasteiger partial charge in [0.2, 0.25) is 0 Å². The lowest BCUT2D eigenvalue weighted by molar-refractivity contribution is 0.0990. The van der Waals surface area contributed by atoms with E-state index in [1.807, 2.05) is 4.90 Å².